The monoisotopic (exact) mass is 294 g/mol. The first-order valence-corrected chi connectivity index (χ1v) is 8.07. The Morgan fingerprint density at radius 1 is 1.19 bits per heavy atom. The van der Waals surface area contributed by atoms with Gasteiger partial charge < -0.3 is 14.5 Å². The molecule has 5 heteroatoms. The molecule has 0 aromatic carbocycles. The molecule has 0 bridgehead atoms. The number of carbonyl (C=O) groups is 2. The first-order valence-electron chi connectivity index (χ1n) is 8.07. The van der Waals surface area contributed by atoms with E-state index in [9.17, 15) is 9.59 Å². The molecule has 2 atom stereocenters. The number of nitrogens with zero attached hydrogens (tertiary/aromatic N) is 2. The average Bonchev–Trinajstić information content (AvgIpc) is 3.06. The van der Waals surface area contributed by atoms with Gasteiger partial charge in [-0.25, -0.2) is 4.79 Å². The van der Waals surface area contributed by atoms with Gasteiger partial charge in [0.1, 0.15) is 5.60 Å². The summed E-state index contributed by atoms with van der Waals surface area (Å²) < 4.78 is 5.44. The molecule has 0 radical (unpaired) electrons. The van der Waals surface area contributed by atoms with Crippen molar-refractivity contribution in [2.75, 3.05) is 26.2 Å². The van der Waals surface area contributed by atoms with Crippen LogP contribution < -0.4 is 0 Å². The molecule has 3 rings (SSSR count). The van der Waals surface area contributed by atoms with Gasteiger partial charge in [-0.3, -0.25) is 4.79 Å². The van der Waals surface area contributed by atoms with E-state index < -0.39 is 5.60 Å². The number of rotatable bonds is 2. The van der Waals surface area contributed by atoms with Gasteiger partial charge in [-0.1, -0.05) is 0 Å². The van der Waals surface area contributed by atoms with Crippen LogP contribution in [-0.2, 0) is 9.53 Å². The summed E-state index contributed by atoms with van der Waals surface area (Å²) in [6, 6.07) is 0. The van der Waals surface area contributed by atoms with Gasteiger partial charge in [0.2, 0.25) is 5.91 Å². The van der Waals surface area contributed by atoms with Gasteiger partial charge in [-0.05, 0) is 51.4 Å². The lowest BCUT2D eigenvalue weighted by Crippen LogP contribution is -2.44. The SMILES string of the molecule is CC(C)(C)OC(=O)N1CC2CC(=O)N(CC3CC3)CC2C1. The number of ether oxygens (including phenoxy) is 1. The fraction of sp³-hybridized carbons (Fsp3) is 0.875. The normalized spacial score (nSPS) is 29.6. The van der Waals surface area contributed by atoms with E-state index in [4.69, 9.17) is 4.74 Å². The molecule has 2 amide bonds. The number of hydrogen-bond donors (Lipinski definition) is 0. The fourth-order valence-electron chi connectivity index (χ4n) is 3.38. The summed E-state index contributed by atoms with van der Waals surface area (Å²) in [6.45, 7) is 8.79. The molecule has 0 aromatic rings. The van der Waals surface area contributed by atoms with Gasteiger partial charge in [-0.15, -0.1) is 0 Å². The van der Waals surface area contributed by atoms with Crippen molar-refractivity contribution in [3.8, 4) is 0 Å². The minimum atomic E-state index is -0.460. The van der Waals surface area contributed by atoms with Crippen molar-refractivity contribution >= 4 is 12.0 Å². The first-order chi connectivity index (χ1) is 9.82. The smallest absolute Gasteiger partial charge is 0.410 e. The van der Waals surface area contributed by atoms with Gasteiger partial charge in [0.15, 0.2) is 0 Å². The number of likely N-dealkylation sites (tertiary alicyclic amines) is 2. The number of fused-ring (bicyclic) bond motifs is 1. The molecule has 0 spiro atoms. The van der Waals surface area contributed by atoms with E-state index in [1.807, 2.05) is 25.7 Å². The Bertz CT molecular complexity index is 439. The van der Waals surface area contributed by atoms with E-state index in [1.54, 1.807) is 4.90 Å². The second-order valence-corrected chi connectivity index (χ2v) is 7.85. The summed E-state index contributed by atoms with van der Waals surface area (Å²) in [5.41, 5.74) is -0.460. The minimum absolute atomic E-state index is 0.238. The maximum absolute atomic E-state index is 12.2. The van der Waals surface area contributed by atoms with Crippen molar-refractivity contribution in [1.82, 2.24) is 9.80 Å². The summed E-state index contributed by atoms with van der Waals surface area (Å²) in [5, 5.41) is 0. The van der Waals surface area contributed by atoms with E-state index in [-0.39, 0.29) is 12.0 Å². The highest BCUT2D eigenvalue weighted by Gasteiger charge is 2.43. The highest BCUT2D eigenvalue weighted by molar-refractivity contribution is 5.78. The lowest BCUT2D eigenvalue weighted by Gasteiger charge is -2.34. The summed E-state index contributed by atoms with van der Waals surface area (Å²) in [4.78, 5) is 28.2. The fourth-order valence-corrected chi connectivity index (χ4v) is 3.38. The zero-order valence-electron chi connectivity index (χ0n) is 13.3. The molecule has 0 N–H and O–H groups in total. The molecular formula is C16H26N2O3. The minimum Gasteiger partial charge on any atom is -0.444 e. The molecule has 5 nitrogen and oxygen atoms in total. The Morgan fingerprint density at radius 3 is 2.48 bits per heavy atom. The molecular weight excluding hydrogens is 268 g/mol. The van der Waals surface area contributed by atoms with Crippen molar-refractivity contribution in [1.29, 1.82) is 0 Å². The van der Waals surface area contributed by atoms with Crippen molar-refractivity contribution in [2.24, 2.45) is 17.8 Å². The lowest BCUT2D eigenvalue weighted by molar-refractivity contribution is -0.136. The van der Waals surface area contributed by atoms with Crippen molar-refractivity contribution in [3.63, 3.8) is 0 Å². The summed E-state index contributed by atoms with van der Waals surface area (Å²) in [5.74, 6) is 1.75. The summed E-state index contributed by atoms with van der Waals surface area (Å²) >= 11 is 0. The molecule has 2 heterocycles. The van der Waals surface area contributed by atoms with Crippen LogP contribution in [0.2, 0.25) is 0 Å². The van der Waals surface area contributed by atoms with Crippen LogP contribution in [0.1, 0.15) is 40.0 Å². The number of amides is 2. The van der Waals surface area contributed by atoms with Gasteiger partial charge in [0.25, 0.3) is 0 Å². The molecule has 3 aliphatic rings. The zero-order chi connectivity index (χ0) is 15.2. The molecule has 2 aliphatic heterocycles. The van der Waals surface area contributed by atoms with Crippen molar-refractivity contribution < 1.29 is 14.3 Å². The third-order valence-electron chi connectivity index (χ3n) is 4.65. The molecule has 3 fully saturated rings. The number of hydrogen-bond acceptors (Lipinski definition) is 3. The molecule has 118 valence electrons. The number of carbonyl (C=O) groups excluding carboxylic acids is 2. The predicted octanol–water partition coefficient (Wildman–Crippen LogP) is 2.11. The molecule has 2 saturated heterocycles. The Balaban J connectivity index is 1.57. The zero-order valence-corrected chi connectivity index (χ0v) is 13.3. The molecule has 1 aliphatic carbocycles. The first kappa shape index (κ1) is 14.7. The van der Waals surface area contributed by atoms with Crippen LogP contribution in [-0.4, -0.2) is 53.6 Å². The highest BCUT2D eigenvalue weighted by atomic mass is 16.6. The van der Waals surface area contributed by atoms with Gasteiger partial charge in [-0.2, -0.15) is 0 Å². The Morgan fingerprint density at radius 2 is 1.86 bits per heavy atom. The third-order valence-corrected chi connectivity index (χ3v) is 4.65. The summed E-state index contributed by atoms with van der Waals surface area (Å²) in [7, 11) is 0. The van der Waals surface area contributed by atoms with Crippen LogP contribution in [0.15, 0.2) is 0 Å². The second-order valence-electron chi connectivity index (χ2n) is 7.85. The largest absolute Gasteiger partial charge is 0.444 e. The Hall–Kier alpha value is -1.26. The van der Waals surface area contributed by atoms with Crippen LogP contribution in [0.25, 0.3) is 0 Å². The van der Waals surface area contributed by atoms with E-state index in [1.165, 1.54) is 12.8 Å². The Labute approximate surface area is 126 Å². The molecule has 1 saturated carbocycles. The van der Waals surface area contributed by atoms with Gasteiger partial charge in [0.05, 0.1) is 0 Å². The van der Waals surface area contributed by atoms with Crippen LogP contribution in [0.4, 0.5) is 4.79 Å². The van der Waals surface area contributed by atoms with Gasteiger partial charge >= 0.3 is 6.09 Å². The quantitative estimate of drug-likeness (QED) is 0.784. The van der Waals surface area contributed by atoms with E-state index in [2.05, 4.69) is 0 Å². The number of piperidine rings is 1. The second kappa shape index (κ2) is 5.18. The van der Waals surface area contributed by atoms with E-state index >= 15 is 0 Å². The van der Waals surface area contributed by atoms with E-state index in [0.717, 1.165) is 25.6 Å². The molecule has 0 aromatic heterocycles. The maximum Gasteiger partial charge on any atom is 0.410 e. The topological polar surface area (TPSA) is 49.9 Å². The standard InChI is InChI=1S/C16H26N2O3/c1-16(2,3)21-15(20)18-8-12-6-14(19)17(7-11-4-5-11)9-13(12)10-18/h11-13H,4-10H2,1-3H3. The maximum atomic E-state index is 12.2. The van der Waals surface area contributed by atoms with Gasteiger partial charge in [0, 0.05) is 32.6 Å². The van der Waals surface area contributed by atoms with Crippen LogP contribution in [0.5, 0.6) is 0 Å². The van der Waals surface area contributed by atoms with Crippen LogP contribution in [0, 0.1) is 17.8 Å². The third kappa shape index (κ3) is 3.50. The molecule has 2 unspecified atom stereocenters. The average molecular weight is 294 g/mol. The van der Waals surface area contributed by atoms with Crippen molar-refractivity contribution in [3.05, 3.63) is 0 Å². The predicted molar refractivity (Wildman–Crippen MR) is 78.7 cm³/mol. The van der Waals surface area contributed by atoms with Crippen LogP contribution >= 0.6 is 0 Å². The summed E-state index contributed by atoms with van der Waals surface area (Å²) in [6.07, 6.45) is 2.89. The van der Waals surface area contributed by atoms with Crippen molar-refractivity contribution in [2.45, 2.75) is 45.6 Å². The lowest BCUT2D eigenvalue weighted by atomic mass is 9.88. The highest BCUT2D eigenvalue weighted by Crippen LogP contribution is 2.36. The molecule has 21 heavy (non-hydrogen) atoms. The Kier molecular flexibility index (Phi) is 3.62. The van der Waals surface area contributed by atoms with Crippen LogP contribution in [0.3, 0.4) is 0 Å². The van der Waals surface area contributed by atoms with E-state index in [0.29, 0.717) is 24.8 Å².